The molecule has 3 saturated carbocycles. The average molecular weight is 469 g/mol. The molecule has 0 N–H and O–H groups in total. The minimum absolute atomic E-state index is 0.0338. The number of carbonyl (C=O) groups is 2. The summed E-state index contributed by atoms with van der Waals surface area (Å²) in [7, 11) is 0. The number of ether oxygens (including phenoxy) is 1. The van der Waals surface area contributed by atoms with E-state index in [-0.39, 0.29) is 28.7 Å². The molecule has 0 spiro atoms. The van der Waals surface area contributed by atoms with Crippen molar-refractivity contribution in [2.24, 2.45) is 28.6 Å². The quantitative estimate of drug-likeness (QED) is 0.227. The summed E-state index contributed by atoms with van der Waals surface area (Å²) >= 11 is 0. The summed E-state index contributed by atoms with van der Waals surface area (Å²) in [4.78, 5) is 24.7. The maximum absolute atomic E-state index is 12.7. The minimum Gasteiger partial charge on any atom is -0.462 e. The summed E-state index contributed by atoms with van der Waals surface area (Å²) in [6.45, 7) is 7.03. The SMILES string of the molecule is CCCCCCCCCCCC(=O)OC1CC[C@@H]2[C@@H]3CCC4=CC(=O)C=CC4(C)C3CC[C@]12C. The summed E-state index contributed by atoms with van der Waals surface area (Å²) in [6.07, 6.45) is 24.8. The number of unbranched alkanes of at least 4 members (excludes halogenated alkanes) is 8. The first-order valence-electron chi connectivity index (χ1n) is 14.5. The smallest absolute Gasteiger partial charge is 0.306 e. The van der Waals surface area contributed by atoms with Crippen LogP contribution in [-0.2, 0) is 14.3 Å². The van der Waals surface area contributed by atoms with Crippen molar-refractivity contribution < 1.29 is 14.3 Å². The highest BCUT2D eigenvalue weighted by molar-refractivity contribution is 6.01. The third kappa shape index (κ3) is 5.24. The van der Waals surface area contributed by atoms with Gasteiger partial charge in [0.15, 0.2) is 5.78 Å². The minimum atomic E-state index is 0.0338. The number of esters is 1. The van der Waals surface area contributed by atoms with Gasteiger partial charge in [0.05, 0.1) is 0 Å². The van der Waals surface area contributed by atoms with Gasteiger partial charge in [0, 0.05) is 17.3 Å². The second kappa shape index (κ2) is 11.1. The van der Waals surface area contributed by atoms with Gasteiger partial charge >= 0.3 is 5.97 Å². The molecule has 0 heterocycles. The van der Waals surface area contributed by atoms with Crippen molar-refractivity contribution in [1.82, 2.24) is 0 Å². The zero-order valence-corrected chi connectivity index (χ0v) is 22.1. The fraction of sp³-hybridized carbons (Fsp3) is 0.806. The molecule has 0 radical (unpaired) electrons. The molecule has 0 aromatic heterocycles. The third-order valence-electron chi connectivity index (χ3n) is 10.2. The Labute approximate surface area is 208 Å². The van der Waals surface area contributed by atoms with Gasteiger partial charge in [-0.15, -0.1) is 0 Å². The number of fused-ring (bicyclic) bond motifs is 5. The zero-order valence-electron chi connectivity index (χ0n) is 22.1. The van der Waals surface area contributed by atoms with Crippen molar-refractivity contribution in [2.45, 2.75) is 130 Å². The number of hydrogen-bond acceptors (Lipinski definition) is 3. The van der Waals surface area contributed by atoms with Crippen LogP contribution in [0.15, 0.2) is 23.8 Å². The lowest BCUT2D eigenvalue weighted by molar-refractivity contribution is -0.159. The fourth-order valence-electron chi connectivity index (χ4n) is 8.14. The van der Waals surface area contributed by atoms with Gasteiger partial charge in [-0.2, -0.15) is 0 Å². The molecule has 0 amide bonds. The number of rotatable bonds is 11. The molecule has 4 aliphatic rings. The highest BCUT2D eigenvalue weighted by Gasteiger charge is 2.59. The van der Waals surface area contributed by atoms with E-state index in [2.05, 4.69) is 26.8 Å². The standard InChI is InChI=1S/C31H48O3/c1-4-5-6-7-8-9-10-11-12-13-29(33)34-28-17-16-26-25-15-14-23-22-24(32)18-20-30(23,2)27(25)19-21-31(26,28)3/h18,20,22,25-28H,4-17,19,21H2,1-3H3/t25-,26+,27?,28?,30?,31-/m0/s1. The molecule has 0 bridgehead atoms. The third-order valence-corrected chi connectivity index (χ3v) is 10.2. The van der Waals surface area contributed by atoms with Crippen LogP contribution in [0.3, 0.4) is 0 Å². The van der Waals surface area contributed by atoms with Crippen LogP contribution < -0.4 is 0 Å². The van der Waals surface area contributed by atoms with Crippen LogP contribution in [0.2, 0.25) is 0 Å². The Morgan fingerprint density at radius 2 is 1.65 bits per heavy atom. The van der Waals surface area contributed by atoms with E-state index in [0.717, 1.165) is 32.1 Å². The Balaban J connectivity index is 1.24. The van der Waals surface area contributed by atoms with Crippen molar-refractivity contribution >= 4 is 11.8 Å². The maximum atomic E-state index is 12.7. The number of ketones is 1. The number of hydrogen-bond donors (Lipinski definition) is 0. The van der Waals surface area contributed by atoms with Crippen LogP contribution in [0.1, 0.15) is 124 Å². The van der Waals surface area contributed by atoms with Crippen molar-refractivity contribution in [3.63, 3.8) is 0 Å². The number of allylic oxidation sites excluding steroid dienone is 4. The number of carbonyl (C=O) groups excluding carboxylic acids is 2. The zero-order chi connectivity index (χ0) is 24.2. The highest BCUT2D eigenvalue weighted by Crippen LogP contribution is 2.64. The first-order chi connectivity index (χ1) is 16.4. The van der Waals surface area contributed by atoms with Gasteiger partial charge in [-0.3, -0.25) is 9.59 Å². The van der Waals surface area contributed by atoms with E-state index in [4.69, 9.17) is 4.74 Å². The Morgan fingerprint density at radius 1 is 0.941 bits per heavy atom. The summed E-state index contributed by atoms with van der Waals surface area (Å²) in [5.74, 6) is 2.13. The van der Waals surface area contributed by atoms with Crippen molar-refractivity contribution in [3.8, 4) is 0 Å². The van der Waals surface area contributed by atoms with Crippen LogP contribution >= 0.6 is 0 Å². The molecular weight excluding hydrogens is 420 g/mol. The van der Waals surface area contributed by atoms with Gasteiger partial charge in [-0.25, -0.2) is 0 Å². The molecule has 0 aromatic rings. The van der Waals surface area contributed by atoms with Gasteiger partial charge < -0.3 is 4.74 Å². The van der Waals surface area contributed by atoms with Gasteiger partial charge in [-0.05, 0) is 74.9 Å². The van der Waals surface area contributed by atoms with E-state index >= 15 is 0 Å². The topological polar surface area (TPSA) is 43.4 Å². The largest absolute Gasteiger partial charge is 0.462 e. The van der Waals surface area contributed by atoms with Gasteiger partial charge in [0.25, 0.3) is 0 Å². The van der Waals surface area contributed by atoms with E-state index in [1.54, 1.807) is 6.08 Å². The van der Waals surface area contributed by atoms with Crippen LogP contribution in [0, 0.1) is 28.6 Å². The van der Waals surface area contributed by atoms with Crippen molar-refractivity contribution in [1.29, 1.82) is 0 Å². The monoisotopic (exact) mass is 468 g/mol. The fourth-order valence-corrected chi connectivity index (χ4v) is 8.14. The predicted molar refractivity (Wildman–Crippen MR) is 138 cm³/mol. The molecular formula is C31H48O3. The Kier molecular flexibility index (Phi) is 8.41. The summed E-state index contributed by atoms with van der Waals surface area (Å²) < 4.78 is 6.17. The second-order valence-electron chi connectivity index (χ2n) is 12.3. The van der Waals surface area contributed by atoms with E-state index in [1.165, 1.54) is 69.8 Å². The molecule has 4 aliphatic carbocycles. The lowest BCUT2D eigenvalue weighted by Crippen LogP contribution is -2.51. The van der Waals surface area contributed by atoms with Crippen LogP contribution in [-0.4, -0.2) is 17.9 Å². The summed E-state index contributed by atoms with van der Waals surface area (Å²) in [6, 6.07) is 0. The lowest BCUT2D eigenvalue weighted by Gasteiger charge is -2.56. The molecule has 3 fully saturated rings. The summed E-state index contributed by atoms with van der Waals surface area (Å²) in [5.41, 5.74) is 1.52. The van der Waals surface area contributed by atoms with Crippen LogP contribution in [0.25, 0.3) is 0 Å². The molecule has 34 heavy (non-hydrogen) atoms. The van der Waals surface area contributed by atoms with E-state index in [1.807, 2.05) is 6.08 Å². The maximum Gasteiger partial charge on any atom is 0.306 e. The first kappa shape index (κ1) is 25.7. The second-order valence-corrected chi connectivity index (χ2v) is 12.3. The lowest BCUT2D eigenvalue weighted by atomic mass is 9.48. The van der Waals surface area contributed by atoms with Crippen LogP contribution in [0.4, 0.5) is 0 Å². The average Bonchev–Trinajstić information content (AvgIpc) is 3.14. The molecule has 0 saturated heterocycles. The Bertz CT molecular complexity index is 794. The molecule has 3 nitrogen and oxygen atoms in total. The molecule has 3 heteroatoms. The normalized spacial score (nSPS) is 36.4. The van der Waals surface area contributed by atoms with E-state index in [9.17, 15) is 9.59 Å². The molecule has 190 valence electrons. The predicted octanol–water partition coefficient (Wildman–Crippen LogP) is 8.13. The van der Waals surface area contributed by atoms with Crippen molar-refractivity contribution in [3.05, 3.63) is 23.8 Å². The Hall–Kier alpha value is -1.38. The highest BCUT2D eigenvalue weighted by atomic mass is 16.5. The van der Waals surface area contributed by atoms with Gasteiger partial charge in [-0.1, -0.05) is 83.8 Å². The van der Waals surface area contributed by atoms with Gasteiger partial charge in [0.1, 0.15) is 6.10 Å². The van der Waals surface area contributed by atoms with E-state index < -0.39 is 0 Å². The Morgan fingerprint density at radius 3 is 2.38 bits per heavy atom. The van der Waals surface area contributed by atoms with Crippen LogP contribution in [0.5, 0.6) is 0 Å². The molecule has 0 aliphatic heterocycles. The molecule has 6 atom stereocenters. The van der Waals surface area contributed by atoms with E-state index in [0.29, 0.717) is 24.2 Å². The molecule has 3 unspecified atom stereocenters. The first-order valence-corrected chi connectivity index (χ1v) is 14.5. The molecule has 0 aromatic carbocycles. The van der Waals surface area contributed by atoms with Gasteiger partial charge in [0.2, 0.25) is 0 Å². The molecule has 4 rings (SSSR count). The van der Waals surface area contributed by atoms with Crippen molar-refractivity contribution in [2.75, 3.05) is 0 Å². The summed E-state index contributed by atoms with van der Waals surface area (Å²) in [5, 5.41) is 0.